The fraction of sp³-hybridized carbons (Fsp3) is 0.300. The van der Waals surface area contributed by atoms with Crippen LogP contribution in [0.3, 0.4) is 0 Å². The highest BCUT2D eigenvalue weighted by molar-refractivity contribution is 6.31. The molecule has 0 saturated carbocycles. The van der Waals surface area contributed by atoms with Crippen LogP contribution in [-0.4, -0.2) is 10.8 Å². The maximum absolute atomic E-state index is 11.2. The molecule has 0 spiro atoms. The minimum absolute atomic E-state index is 0.0981. The van der Waals surface area contributed by atoms with Crippen LogP contribution in [0, 0.1) is 10.1 Å². The summed E-state index contributed by atoms with van der Waals surface area (Å²) in [4.78, 5) is 21.2. The average molecular weight is 243 g/mol. The molecule has 1 aromatic rings. The van der Waals surface area contributed by atoms with E-state index in [-0.39, 0.29) is 5.69 Å². The van der Waals surface area contributed by atoms with Crippen LogP contribution in [0.15, 0.2) is 18.2 Å². The third-order valence-corrected chi connectivity index (χ3v) is 2.66. The van der Waals surface area contributed by atoms with E-state index in [1.807, 2.05) is 0 Å². The lowest BCUT2D eigenvalue weighted by molar-refractivity contribution is -0.384. The first-order valence-electron chi connectivity index (χ1n) is 4.70. The van der Waals surface area contributed by atoms with Crippen molar-refractivity contribution in [1.82, 2.24) is 0 Å². The van der Waals surface area contributed by atoms with Crippen molar-refractivity contribution in [3.8, 4) is 0 Å². The number of rotatable bonds is 4. The molecule has 1 aromatic carbocycles. The third kappa shape index (κ3) is 2.49. The highest BCUT2D eigenvalue weighted by atomic mass is 35.5. The number of primary amides is 1. The van der Waals surface area contributed by atoms with Crippen molar-refractivity contribution in [1.29, 1.82) is 0 Å². The molecular formula is C10H11ClN2O3. The number of carbonyl (C=O) groups is 1. The molecule has 1 amide bonds. The lowest BCUT2D eigenvalue weighted by atomic mass is 9.95. The first-order valence-corrected chi connectivity index (χ1v) is 5.08. The zero-order valence-corrected chi connectivity index (χ0v) is 9.40. The number of nitrogens with zero attached hydrogens (tertiary/aromatic N) is 1. The quantitative estimate of drug-likeness (QED) is 0.649. The molecule has 86 valence electrons. The van der Waals surface area contributed by atoms with Crippen molar-refractivity contribution < 1.29 is 9.72 Å². The van der Waals surface area contributed by atoms with Gasteiger partial charge in [-0.05, 0) is 18.1 Å². The van der Waals surface area contributed by atoms with Gasteiger partial charge in [0.05, 0.1) is 10.8 Å². The maximum atomic E-state index is 11.2. The minimum Gasteiger partial charge on any atom is -0.369 e. The molecule has 1 unspecified atom stereocenters. The summed E-state index contributed by atoms with van der Waals surface area (Å²) in [6, 6.07) is 3.99. The summed E-state index contributed by atoms with van der Waals surface area (Å²) >= 11 is 5.89. The van der Waals surface area contributed by atoms with Gasteiger partial charge in [-0.2, -0.15) is 0 Å². The maximum Gasteiger partial charge on any atom is 0.269 e. The van der Waals surface area contributed by atoms with Gasteiger partial charge in [-0.25, -0.2) is 0 Å². The Morgan fingerprint density at radius 1 is 1.62 bits per heavy atom. The number of non-ortho nitro benzene ring substituents is 1. The van der Waals surface area contributed by atoms with Crippen LogP contribution in [0.2, 0.25) is 5.02 Å². The molecule has 0 aliphatic heterocycles. The van der Waals surface area contributed by atoms with Crippen LogP contribution in [0.1, 0.15) is 24.8 Å². The number of benzene rings is 1. The summed E-state index contributed by atoms with van der Waals surface area (Å²) in [7, 11) is 0. The van der Waals surface area contributed by atoms with Crippen molar-refractivity contribution >= 4 is 23.2 Å². The minimum atomic E-state index is -0.590. The van der Waals surface area contributed by atoms with Crippen LogP contribution in [0.4, 0.5) is 5.69 Å². The van der Waals surface area contributed by atoms with Crippen LogP contribution >= 0.6 is 11.6 Å². The van der Waals surface area contributed by atoms with E-state index in [0.29, 0.717) is 17.0 Å². The monoisotopic (exact) mass is 242 g/mol. The van der Waals surface area contributed by atoms with Gasteiger partial charge < -0.3 is 5.73 Å². The average Bonchev–Trinajstić information content (AvgIpc) is 2.20. The van der Waals surface area contributed by atoms with Crippen LogP contribution in [0.5, 0.6) is 0 Å². The van der Waals surface area contributed by atoms with Crippen LogP contribution in [0.25, 0.3) is 0 Å². The van der Waals surface area contributed by atoms with Gasteiger partial charge in [-0.1, -0.05) is 18.5 Å². The fourth-order valence-corrected chi connectivity index (χ4v) is 1.74. The van der Waals surface area contributed by atoms with Gasteiger partial charge in [0.15, 0.2) is 0 Å². The number of halogens is 1. The number of nitro groups is 1. The molecule has 2 N–H and O–H groups in total. The molecule has 5 nitrogen and oxygen atoms in total. The normalized spacial score (nSPS) is 12.1. The van der Waals surface area contributed by atoms with Crippen molar-refractivity contribution in [3.05, 3.63) is 38.9 Å². The summed E-state index contributed by atoms with van der Waals surface area (Å²) in [6.45, 7) is 1.77. The summed E-state index contributed by atoms with van der Waals surface area (Å²) < 4.78 is 0. The predicted molar refractivity (Wildman–Crippen MR) is 60.3 cm³/mol. The van der Waals surface area contributed by atoms with Crippen LogP contribution in [-0.2, 0) is 4.79 Å². The van der Waals surface area contributed by atoms with Gasteiger partial charge in [0.25, 0.3) is 5.69 Å². The second-order valence-corrected chi connectivity index (χ2v) is 3.73. The number of nitro benzene ring substituents is 1. The lowest BCUT2D eigenvalue weighted by Gasteiger charge is -2.12. The molecule has 1 rings (SSSR count). The van der Waals surface area contributed by atoms with E-state index in [2.05, 4.69) is 0 Å². The number of hydrogen-bond donors (Lipinski definition) is 1. The first kappa shape index (κ1) is 12.4. The number of amides is 1. The van der Waals surface area contributed by atoms with Gasteiger partial charge in [0.2, 0.25) is 5.91 Å². The fourth-order valence-electron chi connectivity index (χ4n) is 1.49. The third-order valence-electron chi connectivity index (χ3n) is 2.32. The van der Waals surface area contributed by atoms with E-state index in [0.717, 1.165) is 0 Å². The van der Waals surface area contributed by atoms with Crippen molar-refractivity contribution in [3.63, 3.8) is 0 Å². The van der Waals surface area contributed by atoms with E-state index in [9.17, 15) is 14.9 Å². The zero-order valence-electron chi connectivity index (χ0n) is 8.64. The SMILES string of the molecule is CCC(C(N)=O)c1cc([N+](=O)[O-])ccc1Cl. The largest absolute Gasteiger partial charge is 0.369 e. The highest BCUT2D eigenvalue weighted by Crippen LogP contribution is 2.30. The predicted octanol–water partition coefficient (Wildman–Crippen LogP) is 2.23. The molecule has 0 radical (unpaired) electrons. The Morgan fingerprint density at radius 3 is 2.69 bits per heavy atom. The van der Waals surface area contributed by atoms with Gasteiger partial charge in [-0.15, -0.1) is 0 Å². The first-order chi connectivity index (χ1) is 7.47. The van der Waals surface area contributed by atoms with E-state index >= 15 is 0 Å². The number of hydrogen-bond acceptors (Lipinski definition) is 3. The molecule has 0 saturated heterocycles. The van der Waals surface area contributed by atoms with E-state index in [1.165, 1.54) is 18.2 Å². The molecular weight excluding hydrogens is 232 g/mol. The number of carbonyl (C=O) groups excluding carboxylic acids is 1. The van der Waals surface area contributed by atoms with Crippen molar-refractivity contribution in [2.45, 2.75) is 19.3 Å². The Hall–Kier alpha value is -1.62. The Morgan fingerprint density at radius 2 is 2.25 bits per heavy atom. The van der Waals surface area contributed by atoms with E-state index in [1.54, 1.807) is 6.92 Å². The van der Waals surface area contributed by atoms with Gasteiger partial charge in [0, 0.05) is 17.2 Å². The lowest BCUT2D eigenvalue weighted by Crippen LogP contribution is -2.21. The van der Waals surface area contributed by atoms with Crippen molar-refractivity contribution in [2.75, 3.05) is 0 Å². The topological polar surface area (TPSA) is 86.2 Å². The smallest absolute Gasteiger partial charge is 0.269 e. The number of nitrogens with two attached hydrogens (primary N) is 1. The Kier molecular flexibility index (Phi) is 3.84. The summed E-state index contributed by atoms with van der Waals surface area (Å²) in [6.07, 6.45) is 0.455. The van der Waals surface area contributed by atoms with E-state index < -0.39 is 16.7 Å². The van der Waals surface area contributed by atoms with Gasteiger partial charge in [-0.3, -0.25) is 14.9 Å². The Labute approximate surface area is 97.3 Å². The standard InChI is InChI=1S/C10H11ClN2O3/c1-2-7(10(12)14)8-5-6(13(15)16)3-4-9(8)11/h3-5,7H,2H2,1H3,(H2,12,14). The Balaban J connectivity index is 3.25. The molecule has 6 heteroatoms. The van der Waals surface area contributed by atoms with Crippen LogP contribution < -0.4 is 5.73 Å². The molecule has 0 heterocycles. The highest BCUT2D eigenvalue weighted by Gasteiger charge is 2.21. The summed E-state index contributed by atoms with van der Waals surface area (Å²) in [5.41, 5.74) is 5.52. The Bertz CT molecular complexity index is 434. The molecule has 0 aromatic heterocycles. The molecule has 0 fully saturated rings. The molecule has 16 heavy (non-hydrogen) atoms. The van der Waals surface area contributed by atoms with E-state index in [4.69, 9.17) is 17.3 Å². The molecule has 0 aliphatic carbocycles. The summed E-state index contributed by atoms with van der Waals surface area (Å²) in [5.74, 6) is -1.13. The molecule has 0 aliphatic rings. The second-order valence-electron chi connectivity index (χ2n) is 3.33. The second kappa shape index (κ2) is 4.94. The summed E-state index contributed by atoms with van der Waals surface area (Å²) in [5, 5.41) is 10.9. The zero-order chi connectivity index (χ0) is 12.3. The molecule has 0 bridgehead atoms. The van der Waals surface area contributed by atoms with Gasteiger partial charge >= 0.3 is 0 Å². The molecule has 1 atom stereocenters. The van der Waals surface area contributed by atoms with Gasteiger partial charge in [0.1, 0.15) is 0 Å². The van der Waals surface area contributed by atoms with Crippen molar-refractivity contribution in [2.24, 2.45) is 5.73 Å².